The van der Waals surface area contributed by atoms with Crippen molar-refractivity contribution in [1.82, 2.24) is 15.1 Å². The van der Waals surface area contributed by atoms with Gasteiger partial charge < -0.3 is 15.0 Å². The van der Waals surface area contributed by atoms with Crippen molar-refractivity contribution < 1.29 is 18.3 Å². The fourth-order valence-electron chi connectivity index (χ4n) is 3.36. The number of benzene rings is 1. The number of carbonyl (C=O) groups excluding carboxylic acids is 1. The van der Waals surface area contributed by atoms with Gasteiger partial charge in [-0.2, -0.15) is 0 Å². The number of ether oxygens (including phenoxy) is 1. The molecule has 1 unspecified atom stereocenters. The molecule has 0 bridgehead atoms. The highest BCUT2D eigenvalue weighted by atomic mass is 35.5. The Bertz CT molecular complexity index is 597. The summed E-state index contributed by atoms with van der Waals surface area (Å²) in [7, 11) is 1.24. The summed E-state index contributed by atoms with van der Waals surface area (Å²) in [5.74, 6) is -2.30. The lowest BCUT2D eigenvalue weighted by Crippen LogP contribution is -2.49. The fourth-order valence-corrected chi connectivity index (χ4v) is 3.36. The first-order valence-electron chi connectivity index (χ1n) is 7.88. The average molecular weight is 362 g/mol. The maximum atomic E-state index is 14.1. The van der Waals surface area contributed by atoms with E-state index in [0.717, 1.165) is 44.7 Å². The van der Waals surface area contributed by atoms with Gasteiger partial charge in [0, 0.05) is 45.3 Å². The molecule has 2 fully saturated rings. The largest absolute Gasteiger partial charge is 0.493 e. The number of nitrogens with zero attached hydrogens (tertiary/aromatic N) is 2. The van der Waals surface area contributed by atoms with Crippen molar-refractivity contribution in [2.75, 3.05) is 46.4 Å². The van der Waals surface area contributed by atoms with E-state index in [9.17, 15) is 13.6 Å². The van der Waals surface area contributed by atoms with E-state index in [2.05, 4.69) is 10.2 Å². The Morgan fingerprint density at radius 1 is 1.21 bits per heavy atom. The third kappa shape index (κ3) is 3.63. The molecule has 1 aromatic carbocycles. The van der Waals surface area contributed by atoms with Crippen molar-refractivity contribution in [2.45, 2.75) is 12.5 Å². The summed E-state index contributed by atoms with van der Waals surface area (Å²) in [5, 5.41) is 3.30. The molecule has 1 N–H and O–H groups in total. The molecule has 1 amide bonds. The first-order valence-corrected chi connectivity index (χ1v) is 7.88. The molecule has 8 heteroatoms. The van der Waals surface area contributed by atoms with Crippen LogP contribution in [0.4, 0.5) is 8.78 Å². The number of hydrogen-bond acceptors (Lipinski definition) is 4. The average Bonchev–Trinajstić information content (AvgIpc) is 3.07. The monoisotopic (exact) mass is 361 g/mol. The molecule has 2 heterocycles. The quantitative estimate of drug-likeness (QED) is 0.886. The third-order valence-electron chi connectivity index (χ3n) is 4.60. The van der Waals surface area contributed by atoms with Gasteiger partial charge in [-0.15, -0.1) is 12.4 Å². The maximum absolute atomic E-state index is 14.1. The van der Waals surface area contributed by atoms with Crippen molar-refractivity contribution in [3.8, 4) is 5.75 Å². The zero-order valence-electron chi connectivity index (χ0n) is 13.6. The van der Waals surface area contributed by atoms with Crippen LogP contribution in [-0.2, 0) is 0 Å². The summed E-state index contributed by atoms with van der Waals surface area (Å²) >= 11 is 0. The van der Waals surface area contributed by atoms with Crippen LogP contribution < -0.4 is 10.1 Å². The molecule has 3 rings (SSSR count). The van der Waals surface area contributed by atoms with Crippen LogP contribution in [0.5, 0.6) is 5.75 Å². The van der Waals surface area contributed by atoms with Crippen LogP contribution in [0, 0.1) is 11.6 Å². The maximum Gasteiger partial charge on any atom is 0.260 e. The van der Waals surface area contributed by atoms with Crippen LogP contribution in [0.25, 0.3) is 0 Å². The van der Waals surface area contributed by atoms with E-state index >= 15 is 0 Å². The van der Waals surface area contributed by atoms with Crippen molar-refractivity contribution in [1.29, 1.82) is 0 Å². The van der Waals surface area contributed by atoms with Gasteiger partial charge in [0.1, 0.15) is 11.4 Å². The Morgan fingerprint density at radius 2 is 1.88 bits per heavy atom. The first kappa shape index (κ1) is 18.9. The highest BCUT2D eigenvalue weighted by molar-refractivity contribution is 5.97. The van der Waals surface area contributed by atoms with Crippen LogP contribution >= 0.6 is 12.4 Å². The standard InChI is InChI=1S/C16H21F2N3O2.ClH/c1-23-15-13(18)3-2-12(17)14(15)16(22)21-7-4-11(10-21)20-8-5-19-6-9-20;/h2-3,11,19H,4-10H2,1H3;1H. The summed E-state index contributed by atoms with van der Waals surface area (Å²) in [6, 6.07) is 2.22. The predicted octanol–water partition coefficient (Wildman–Crippen LogP) is 1.51. The molecule has 0 spiro atoms. The molecular weight excluding hydrogens is 340 g/mol. The molecule has 0 aliphatic carbocycles. The van der Waals surface area contributed by atoms with E-state index in [0.29, 0.717) is 13.1 Å². The second-order valence-corrected chi connectivity index (χ2v) is 5.92. The minimum absolute atomic E-state index is 0. The van der Waals surface area contributed by atoms with Crippen molar-refractivity contribution in [3.05, 3.63) is 29.3 Å². The summed E-state index contributed by atoms with van der Waals surface area (Å²) in [6.45, 7) is 4.87. The molecule has 5 nitrogen and oxygen atoms in total. The zero-order valence-corrected chi connectivity index (χ0v) is 14.4. The Kier molecular flexibility index (Phi) is 6.37. The number of rotatable bonds is 3. The molecule has 2 aliphatic rings. The SMILES string of the molecule is COc1c(F)ccc(F)c1C(=O)N1CCC(N2CCNCC2)C1.Cl. The van der Waals surface area contributed by atoms with Crippen molar-refractivity contribution in [2.24, 2.45) is 0 Å². The van der Waals surface area contributed by atoms with Gasteiger partial charge in [0.2, 0.25) is 0 Å². The lowest BCUT2D eigenvalue weighted by Gasteiger charge is -2.32. The van der Waals surface area contributed by atoms with Crippen LogP contribution in [0.3, 0.4) is 0 Å². The van der Waals surface area contributed by atoms with Crippen LogP contribution in [0.2, 0.25) is 0 Å². The minimum Gasteiger partial charge on any atom is -0.493 e. The highest BCUT2D eigenvalue weighted by Gasteiger charge is 2.34. The van der Waals surface area contributed by atoms with Gasteiger partial charge in [-0.25, -0.2) is 8.78 Å². The molecule has 0 aromatic heterocycles. The van der Waals surface area contributed by atoms with Gasteiger partial charge in [0.15, 0.2) is 11.6 Å². The lowest BCUT2D eigenvalue weighted by molar-refractivity contribution is 0.0764. The fraction of sp³-hybridized carbons (Fsp3) is 0.562. The Hall–Kier alpha value is -1.44. The van der Waals surface area contributed by atoms with Crippen LogP contribution in [-0.4, -0.2) is 68.1 Å². The Labute approximate surface area is 146 Å². The van der Waals surface area contributed by atoms with E-state index in [-0.39, 0.29) is 29.8 Å². The lowest BCUT2D eigenvalue weighted by atomic mass is 10.1. The minimum atomic E-state index is -0.751. The summed E-state index contributed by atoms with van der Waals surface area (Å²) < 4.78 is 32.7. The number of methoxy groups -OCH3 is 1. The Morgan fingerprint density at radius 3 is 2.54 bits per heavy atom. The second kappa shape index (κ2) is 8.09. The van der Waals surface area contributed by atoms with E-state index in [1.165, 1.54) is 7.11 Å². The van der Waals surface area contributed by atoms with Gasteiger partial charge in [0.25, 0.3) is 5.91 Å². The summed E-state index contributed by atoms with van der Waals surface area (Å²) in [6.07, 6.45) is 0.852. The van der Waals surface area contributed by atoms with Gasteiger partial charge in [0.05, 0.1) is 7.11 Å². The molecule has 134 valence electrons. The van der Waals surface area contributed by atoms with E-state index in [1.54, 1.807) is 4.90 Å². The number of carbonyl (C=O) groups is 1. The molecule has 1 aromatic rings. The molecular formula is C16H22ClF2N3O2. The molecule has 0 saturated carbocycles. The molecule has 24 heavy (non-hydrogen) atoms. The smallest absolute Gasteiger partial charge is 0.260 e. The molecule has 2 saturated heterocycles. The van der Waals surface area contributed by atoms with Crippen LogP contribution in [0.15, 0.2) is 12.1 Å². The first-order chi connectivity index (χ1) is 11.1. The van der Waals surface area contributed by atoms with E-state index in [4.69, 9.17) is 4.74 Å². The number of piperazine rings is 1. The van der Waals surface area contributed by atoms with Gasteiger partial charge in [-0.3, -0.25) is 9.69 Å². The number of halogens is 3. The normalized spacial score (nSPS) is 21.5. The topological polar surface area (TPSA) is 44.8 Å². The second-order valence-electron chi connectivity index (χ2n) is 5.92. The van der Waals surface area contributed by atoms with Crippen molar-refractivity contribution >= 4 is 18.3 Å². The van der Waals surface area contributed by atoms with Gasteiger partial charge in [-0.1, -0.05) is 0 Å². The van der Waals surface area contributed by atoms with Gasteiger partial charge in [-0.05, 0) is 18.6 Å². The number of hydrogen-bond donors (Lipinski definition) is 1. The number of nitrogens with one attached hydrogen (secondary N) is 1. The third-order valence-corrected chi connectivity index (χ3v) is 4.60. The predicted molar refractivity (Wildman–Crippen MR) is 88.9 cm³/mol. The number of likely N-dealkylation sites (tertiary alicyclic amines) is 1. The summed E-state index contributed by atoms with van der Waals surface area (Å²) in [4.78, 5) is 16.6. The van der Waals surface area contributed by atoms with E-state index < -0.39 is 17.5 Å². The Balaban J connectivity index is 0.00000208. The van der Waals surface area contributed by atoms with Crippen molar-refractivity contribution in [3.63, 3.8) is 0 Å². The highest BCUT2D eigenvalue weighted by Crippen LogP contribution is 2.28. The zero-order chi connectivity index (χ0) is 16.4. The number of amides is 1. The summed E-state index contributed by atoms with van der Waals surface area (Å²) in [5.41, 5.74) is -0.312. The molecule has 1 atom stereocenters. The van der Waals surface area contributed by atoms with Gasteiger partial charge >= 0.3 is 0 Å². The molecule has 0 radical (unpaired) electrons. The van der Waals surface area contributed by atoms with Crippen LogP contribution in [0.1, 0.15) is 16.8 Å². The molecule has 2 aliphatic heterocycles. The van der Waals surface area contributed by atoms with E-state index in [1.807, 2.05) is 0 Å².